The molecule has 0 N–H and O–H groups in total. The van der Waals surface area contributed by atoms with Crippen LogP contribution in [0.5, 0.6) is 11.5 Å². The summed E-state index contributed by atoms with van der Waals surface area (Å²) in [5, 5.41) is 20.8. The number of hydrogen-bond acceptors (Lipinski definition) is 7. The summed E-state index contributed by atoms with van der Waals surface area (Å²) in [6.45, 7) is 4.51. The van der Waals surface area contributed by atoms with Crippen LogP contribution in [0.1, 0.15) is 11.4 Å². The van der Waals surface area contributed by atoms with Crippen molar-refractivity contribution in [1.82, 2.24) is 14.8 Å². The van der Waals surface area contributed by atoms with E-state index in [0.29, 0.717) is 45.4 Å². The van der Waals surface area contributed by atoms with Gasteiger partial charge >= 0.3 is 0 Å². The molecular formula is C20H19ClN4O4S. The van der Waals surface area contributed by atoms with E-state index in [1.165, 1.54) is 31.0 Å². The van der Waals surface area contributed by atoms with Crippen LogP contribution in [0.25, 0.3) is 0 Å². The van der Waals surface area contributed by atoms with Gasteiger partial charge in [0.05, 0.1) is 12.0 Å². The predicted octanol–water partition coefficient (Wildman–Crippen LogP) is 4.91. The molecule has 156 valence electrons. The number of rotatable bonds is 10. The highest BCUT2D eigenvalue weighted by molar-refractivity contribution is 7.98. The van der Waals surface area contributed by atoms with E-state index < -0.39 is 4.92 Å². The first-order chi connectivity index (χ1) is 14.5. The zero-order valence-corrected chi connectivity index (χ0v) is 17.7. The van der Waals surface area contributed by atoms with E-state index in [2.05, 4.69) is 16.8 Å². The molecule has 0 radical (unpaired) electrons. The zero-order chi connectivity index (χ0) is 21.5. The molecule has 0 saturated carbocycles. The normalized spacial score (nSPS) is 10.6. The van der Waals surface area contributed by atoms with Gasteiger partial charge in [-0.1, -0.05) is 29.4 Å². The molecule has 0 unspecified atom stereocenters. The largest absolute Gasteiger partial charge is 0.496 e. The van der Waals surface area contributed by atoms with Gasteiger partial charge in [-0.15, -0.1) is 16.8 Å². The number of ether oxygens (including phenoxy) is 2. The number of aromatic nitrogens is 3. The number of nitro groups is 1. The van der Waals surface area contributed by atoms with Gasteiger partial charge < -0.3 is 9.47 Å². The smallest absolute Gasteiger partial charge is 0.270 e. The summed E-state index contributed by atoms with van der Waals surface area (Å²) < 4.78 is 13.0. The molecule has 0 spiro atoms. The molecule has 0 aliphatic heterocycles. The highest BCUT2D eigenvalue weighted by atomic mass is 35.5. The van der Waals surface area contributed by atoms with Gasteiger partial charge in [-0.25, -0.2) is 0 Å². The van der Waals surface area contributed by atoms with Crippen LogP contribution in [0.3, 0.4) is 0 Å². The molecule has 2 aromatic carbocycles. The van der Waals surface area contributed by atoms with Crippen LogP contribution in [0, 0.1) is 10.1 Å². The second kappa shape index (κ2) is 10.1. The monoisotopic (exact) mass is 446 g/mol. The molecule has 1 aromatic heterocycles. The average Bonchev–Trinajstić information content (AvgIpc) is 3.13. The van der Waals surface area contributed by atoms with Gasteiger partial charge in [0.2, 0.25) is 0 Å². The number of benzene rings is 2. The standard InChI is InChI=1S/C20H19ClN4O4S/c1-3-10-24-19(12-29-17-7-4-15(21)5-8-17)22-23-20(24)30-13-14-11-16(25(26)27)6-9-18(14)28-2/h3-9,11H,1,10,12-13H2,2H3. The van der Waals surface area contributed by atoms with E-state index in [1.54, 1.807) is 36.4 Å². The first-order valence-corrected chi connectivity index (χ1v) is 10.2. The Morgan fingerprint density at radius 2 is 2.03 bits per heavy atom. The number of hydrogen-bond donors (Lipinski definition) is 0. The molecule has 0 saturated heterocycles. The minimum atomic E-state index is -0.431. The second-order valence-corrected chi connectivity index (χ2v) is 7.46. The maximum atomic E-state index is 11.1. The lowest BCUT2D eigenvalue weighted by Crippen LogP contribution is -2.07. The minimum absolute atomic E-state index is 0.0102. The van der Waals surface area contributed by atoms with Crippen molar-refractivity contribution in [2.45, 2.75) is 24.1 Å². The van der Waals surface area contributed by atoms with Crippen LogP contribution in [-0.2, 0) is 18.9 Å². The van der Waals surface area contributed by atoms with Crippen molar-refractivity contribution in [2.24, 2.45) is 0 Å². The molecule has 0 amide bonds. The lowest BCUT2D eigenvalue weighted by Gasteiger charge is -2.10. The third-order valence-corrected chi connectivity index (χ3v) is 5.39. The Bertz CT molecular complexity index is 1040. The van der Waals surface area contributed by atoms with Crippen LogP contribution in [0.4, 0.5) is 5.69 Å². The fourth-order valence-corrected chi connectivity index (χ4v) is 3.73. The number of thioether (sulfide) groups is 1. The van der Waals surface area contributed by atoms with Crippen LogP contribution in [0.2, 0.25) is 5.02 Å². The van der Waals surface area contributed by atoms with Gasteiger partial charge in [-0.2, -0.15) is 0 Å². The summed E-state index contributed by atoms with van der Waals surface area (Å²) in [4.78, 5) is 10.6. The Labute approximate surface area is 182 Å². The SMILES string of the molecule is C=CCn1c(COc2ccc(Cl)cc2)nnc1SCc1cc([N+](=O)[O-])ccc1OC. The fourth-order valence-electron chi connectivity index (χ4n) is 2.66. The maximum absolute atomic E-state index is 11.1. The van der Waals surface area contributed by atoms with Crippen molar-refractivity contribution in [3.63, 3.8) is 0 Å². The Morgan fingerprint density at radius 3 is 2.70 bits per heavy atom. The van der Waals surface area contributed by atoms with Crippen molar-refractivity contribution < 1.29 is 14.4 Å². The van der Waals surface area contributed by atoms with E-state index in [4.69, 9.17) is 21.1 Å². The first-order valence-electron chi connectivity index (χ1n) is 8.87. The van der Waals surface area contributed by atoms with Crippen LogP contribution in [0.15, 0.2) is 60.3 Å². The predicted molar refractivity (Wildman–Crippen MR) is 115 cm³/mol. The third kappa shape index (κ3) is 5.31. The molecular weight excluding hydrogens is 428 g/mol. The lowest BCUT2D eigenvalue weighted by atomic mass is 10.2. The van der Waals surface area contributed by atoms with Gasteiger partial charge in [0.25, 0.3) is 5.69 Å². The Balaban J connectivity index is 1.75. The van der Waals surface area contributed by atoms with Crippen molar-refractivity contribution >= 4 is 29.1 Å². The summed E-state index contributed by atoms with van der Waals surface area (Å²) in [6.07, 6.45) is 1.74. The minimum Gasteiger partial charge on any atom is -0.496 e. The molecule has 0 aliphatic rings. The Morgan fingerprint density at radius 1 is 1.27 bits per heavy atom. The molecule has 0 bridgehead atoms. The summed E-state index contributed by atoms with van der Waals surface area (Å²) in [6, 6.07) is 11.6. The Kier molecular flexibility index (Phi) is 7.31. The van der Waals surface area contributed by atoms with Crippen molar-refractivity contribution in [3.05, 3.63) is 81.6 Å². The topological polar surface area (TPSA) is 92.3 Å². The molecule has 3 aromatic rings. The van der Waals surface area contributed by atoms with Crippen LogP contribution in [-0.4, -0.2) is 26.8 Å². The lowest BCUT2D eigenvalue weighted by molar-refractivity contribution is -0.384. The van der Waals surface area contributed by atoms with Gasteiger partial charge in [0, 0.05) is 35.0 Å². The summed E-state index contributed by atoms with van der Waals surface area (Å²) in [5.41, 5.74) is 0.708. The number of methoxy groups -OCH3 is 1. The number of non-ortho nitro benzene ring substituents is 1. The van der Waals surface area contributed by atoms with E-state index in [9.17, 15) is 10.1 Å². The van der Waals surface area contributed by atoms with Crippen LogP contribution < -0.4 is 9.47 Å². The summed E-state index contributed by atoms with van der Waals surface area (Å²) in [7, 11) is 1.53. The highest BCUT2D eigenvalue weighted by Gasteiger charge is 2.16. The van der Waals surface area contributed by atoms with Gasteiger partial charge in [-0.05, 0) is 30.3 Å². The maximum Gasteiger partial charge on any atom is 0.270 e. The fraction of sp³-hybridized carbons (Fsp3) is 0.200. The molecule has 0 aliphatic carbocycles. The van der Waals surface area contributed by atoms with Gasteiger partial charge in [0.15, 0.2) is 11.0 Å². The second-order valence-electron chi connectivity index (χ2n) is 6.08. The summed E-state index contributed by atoms with van der Waals surface area (Å²) >= 11 is 7.29. The Hall–Kier alpha value is -3.04. The number of halogens is 1. The zero-order valence-electron chi connectivity index (χ0n) is 16.2. The first kappa shape index (κ1) is 21.7. The van der Waals surface area contributed by atoms with Crippen molar-refractivity contribution in [2.75, 3.05) is 7.11 Å². The third-order valence-electron chi connectivity index (χ3n) is 4.12. The quantitative estimate of drug-likeness (QED) is 0.189. The highest BCUT2D eigenvalue weighted by Crippen LogP contribution is 2.30. The molecule has 8 nitrogen and oxygen atoms in total. The van der Waals surface area contributed by atoms with E-state index >= 15 is 0 Å². The summed E-state index contributed by atoms with van der Waals surface area (Å²) in [5.74, 6) is 2.31. The molecule has 0 fully saturated rings. The van der Waals surface area contributed by atoms with E-state index in [0.717, 1.165) is 0 Å². The van der Waals surface area contributed by atoms with Gasteiger partial charge in [0.1, 0.15) is 18.1 Å². The van der Waals surface area contributed by atoms with Crippen LogP contribution >= 0.6 is 23.4 Å². The average molecular weight is 447 g/mol. The number of nitrogens with zero attached hydrogens (tertiary/aromatic N) is 4. The molecule has 10 heteroatoms. The molecule has 3 rings (SSSR count). The number of nitro benzene ring substituents is 1. The molecule has 30 heavy (non-hydrogen) atoms. The van der Waals surface area contributed by atoms with E-state index in [-0.39, 0.29) is 12.3 Å². The van der Waals surface area contributed by atoms with Gasteiger partial charge in [-0.3, -0.25) is 14.7 Å². The van der Waals surface area contributed by atoms with Crippen molar-refractivity contribution in [1.29, 1.82) is 0 Å². The molecule has 0 atom stereocenters. The van der Waals surface area contributed by atoms with Crippen molar-refractivity contribution in [3.8, 4) is 11.5 Å². The van der Waals surface area contributed by atoms with E-state index in [1.807, 2.05) is 4.57 Å². The molecule has 1 heterocycles. The number of allylic oxidation sites excluding steroid dienone is 1.